The molecule has 2 heterocycles. The van der Waals surface area contributed by atoms with Crippen LogP contribution in [0.15, 0.2) is 58.3 Å². The topological polar surface area (TPSA) is 104 Å². The number of carbonyl (C=O) groups excluding carboxylic acids is 1. The minimum absolute atomic E-state index is 0.0244. The van der Waals surface area contributed by atoms with Crippen LogP contribution in [0.5, 0.6) is 0 Å². The van der Waals surface area contributed by atoms with E-state index in [1.54, 1.807) is 12.1 Å². The lowest BCUT2D eigenvalue weighted by Crippen LogP contribution is -2.41. The lowest BCUT2D eigenvalue weighted by molar-refractivity contribution is -0.120. The van der Waals surface area contributed by atoms with Crippen molar-refractivity contribution >= 4 is 31.6 Å². The number of halogens is 1. The van der Waals surface area contributed by atoms with Gasteiger partial charge in [0.1, 0.15) is 5.82 Å². The first-order valence-corrected chi connectivity index (χ1v) is 14.2. The number of hydrogen-bond donors (Lipinski definition) is 1. The van der Waals surface area contributed by atoms with E-state index in [0.717, 1.165) is 31.4 Å². The number of amides is 1. The second kappa shape index (κ2) is 10.1. The average Bonchev–Trinajstić information content (AvgIpc) is 2.85. The molecule has 2 saturated heterocycles. The van der Waals surface area contributed by atoms with Crippen LogP contribution in [0.3, 0.4) is 0 Å². The zero-order valence-electron chi connectivity index (χ0n) is 18.7. The van der Waals surface area contributed by atoms with Gasteiger partial charge in [-0.3, -0.25) is 4.79 Å². The van der Waals surface area contributed by atoms with Crippen LogP contribution < -0.4 is 5.32 Å². The SMILES string of the molecule is O=C(Nc1ccc(S(=O)(=O)N2CCCCC2)cc1)C1CCN(S(=O)(=O)c2ccc(F)cc2)CC1. The second-order valence-corrected chi connectivity index (χ2v) is 12.5. The summed E-state index contributed by atoms with van der Waals surface area (Å²) in [6.45, 7) is 1.42. The molecule has 2 aliphatic heterocycles. The summed E-state index contributed by atoms with van der Waals surface area (Å²) in [4.78, 5) is 12.9. The molecule has 2 fully saturated rings. The van der Waals surface area contributed by atoms with Crippen LogP contribution in [0, 0.1) is 11.7 Å². The predicted molar refractivity (Wildman–Crippen MR) is 126 cm³/mol. The lowest BCUT2D eigenvalue weighted by Gasteiger charge is -2.30. The van der Waals surface area contributed by atoms with E-state index in [4.69, 9.17) is 0 Å². The van der Waals surface area contributed by atoms with Crippen molar-refractivity contribution < 1.29 is 26.0 Å². The van der Waals surface area contributed by atoms with Crippen molar-refractivity contribution in [2.45, 2.75) is 41.9 Å². The summed E-state index contributed by atoms with van der Waals surface area (Å²) in [7, 11) is -7.28. The van der Waals surface area contributed by atoms with Crippen LogP contribution in [0.4, 0.5) is 10.1 Å². The van der Waals surface area contributed by atoms with Crippen LogP contribution in [-0.2, 0) is 24.8 Å². The van der Waals surface area contributed by atoms with Crippen molar-refractivity contribution in [3.8, 4) is 0 Å². The van der Waals surface area contributed by atoms with Crippen LogP contribution in [0.1, 0.15) is 32.1 Å². The van der Waals surface area contributed by atoms with E-state index in [1.807, 2.05) is 0 Å². The molecular weight excluding hydrogens is 481 g/mol. The van der Waals surface area contributed by atoms with Gasteiger partial charge in [0.25, 0.3) is 0 Å². The molecule has 2 aromatic rings. The highest BCUT2D eigenvalue weighted by Gasteiger charge is 2.32. The first kappa shape index (κ1) is 24.8. The van der Waals surface area contributed by atoms with Gasteiger partial charge in [0.15, 0.2) is 0 Å². The number of nitrogens with zero attached hydrogens (tertiary/aromatic N) is 2. The summed E-state index contributed by atoms with van der Waals surface area (Å²) in [5.74, 6) is -1.10. The van der Waals surface area contributed by atoms with Gasteiger partial charge in [0.2, 0.25) is 26.0 Å². The summed E-state index contributed by atoms with van der Waals surface area (Å²) in [6.07, 6.45) is 3.46. The van der Waals surface area contributed by atoms with Gasteiger partial charge >= 0.3 is 0 Å². The van der Waals surface area contributed by atoms with Crippen LogP contribution in [-0.4, -0.2) is 57.5 Å². The second-order valence-electron chi connectivity index (χ2n) is 8.61. The Morgan fingerprint density at radius 2 is 1.21 bits per heavy atom. The van der Waals surface area contributed by atoms with Crippen molar-refractivity contribution in [3.63, 3.8) is 0 Å². The smallest absolute Gasteiger partial charge is 0.243 e. The molecule has 8 nitrogen and oxygen atoms in total. The normalized spacial score (nSPS) is 19.1. The molecule has 0 spiro atoms. The van der Waals surface area contributed by atoms with Crippen molar-refractivity contribution in [3.05, 3.63) is 54.3 Å². The maximum atomic E-state index is 13.1. The minimum Gasteiger partial charge on any atom is -0.326 e. The van der Waals surface area contributed by atoms with E-state index < -0.39 is 25.9 Å². The van der Waals surface area contributed by atoms with Gasteiger partial charge < -0.3 is 5.32 Å². The molecule has 2 aromatic carbocycles. The van der Waals surface area contributed by atoms with Crippen molar-refractivity contribution in [2.75, 3.05) is 31.5 Å². The Hall–Kier alpha value is -2.34. The highest BCUT2D eigenvalue weighted by molar-refractivity contribution is 7.89. The van der Waals surface area contributed by atoms with Gasteiger partial charge in [-0.1, -0.05) is 6.42 Å². The van der Waals surface area contributed by atoms with E-state index in [9.17, 15) is 26.0 Å². The van der Waals surface area contributed by atoms with Gasteiger partial charge in [-0.15, -0.1) is 0 Å². The third-order valence-electron chi connectivity index (χ3n) is 6.35. The Labute approximate surface area is 199 Å². The summed E-state index contributed by atoms with van der Waals surface area (Å²) < 4.78 is 66.9. The largest absolute Gasteiger partial charge is 0.326 e. The average molecular weight is 510 g/mol. The highest BCUT2D eigenvalue weighted by Crippen LogP contribution is 2.26. The standard InChI is InChI=1S/C23H28FN3O5S2/c24-19-4-8-21(9-5-19)34(31,32)27-16-12-18(13-17-27)23(28)25-20-6-10-22(11-7-20)33(29,30)26-14-2-1-3-15-26/h4-11,18H,1-3,12-17H2,(H,25,28). The molecule has 1 amide bonds. The lowest BCUT2D eigenvalue weighted by atomic mass is 9.97. The first-order valence-electron chi connectivity index (χ1n) is 11.3. The third-order valence-corrected chi connectivity index (χ3v) is 10.2. The Morgan fingerprint density at radius 3 is 1.74 bits per heavy atom. The van der Waals surface area contributed by atoms with E-state index >= 15 is 0 Å². The Morgan fingerprint density at radius 1 is 0.735 bits per heavy atom. The zero-order chi connectivity index (χ0) is 24.3. The number of hydrogen-bond acceptors (Lipinski definition) is 5. The number of nitrogens with one attached hydrogen (secondary N) is 1. The van der Waals surface area contributed by atoms with Crippen molar-refractivity contribution in [2.24, 2.45) is 5.92 Å². The fourth-order valence-corrected chi connectivity index (χ4v) is 7.31. The molecule has 34 heavy (non-hydrogen) atoms. The van der Waals surface area contributed by atoms with Crippen molar-refractivity contribution in [1.29, 1.82) is 0 Å². The van der Waals surface area contributed by atoms with Crippen LogP contribution in [0.25, 0.3) is 0 Å². The van der Waals surface area contributed by atoms with E-state index in [2.05, 4.69) is 5.32 Å². The Bertz CT molecular complexity index is 1220. The number of rotatable bonds is 6. The van der Waals surface area contributed by atoms with Crippen LogP contribution >= 0.6 is 0 Å². The highest BCUT2D eigenvalue weighted by atomic mass is 32.2. The fraction of sp³-hybridized carbons (Fsp3) is 0.435. The van der Waals surface area contributed by atoms with Gasteiger partial charge in [-0.25, -0.2) is 21.2 Å². The molecule has 0 radical (unpaired) electrons. The van der Waals surface area contributed by atoms with Gasteiger partial charge in [-0.2, -0.15) is 8.61 Å². The molecule has 0 saturated carbocycles. The van der Waals surface area contributed by atoms with Crippen molar-refractivity contribution in [1.82, 2.24) is 8.61 Å². The molecule has 0 aliphatic carbocycles. The summed E-state index contributed by atoms with van der Waals surface area (Å²) >= 11 is 0. The number of sulfonamides is 2. The van der Waals surface area contributed by atoms with E-state index in [0.29, 0.717) is 31.6 Å². The molecule has 0 atom stereocenters. The first-order chi connectivity index (χ1) is 16.2. The molecule has 184 valence electrons. The van der Waals surface area contributed by atoms with Crippen LogP contribution in [0.2, 0.25) is 0 Å². The quantitative estimate of drug-likeness (QED) is 0.645. The number of anilines is 1. The number of piperidine rings is 2. The third kappa shape index (κ3) is 5.32. The molecule has 1 N–H and O–H groups in total. The Kier molecular flexibility index (Phi) is 7.36. The van der Waals surface area contributed by atoms with E-state index in [-0.39, 0.29) is 34.7 Å². The summed E-state index contributed by atoms with van der Waals surface area (Å²) in [5.41, 5.74) is 0.490. The van der Waals surface area contributed by atoms with Gasteiger partial charge in [0, 0.05) is 37.8 Å². The number of benzene rings is 2. The molecule has 4 rings (SSSR count). The molecule has 0 bridgehead atoms. The Balaban J connectivity index is 1.34. The number of carbonyl (C=O) groups is 1. The molecule has 0 unspecified atom stereocenters. The summed E-state index contributed by atoms with van der Waals surface area (Å²) in [6, 6.07) is 10.8. The maximum absolute atomic E-state index is 13.1. The molecule has 11 heteroatoms. The summed E-state index contributed by atoms with van der Waals surface area (Å²) in [5, 5.41) is 2.80. The zero-order valence-corrected chi connectivity index (χ0v) is 20.3. The molecular formula is C23H28FN3O5S2. The predicted octanol–water partition coefficient (Wildman–Crippen LogP) is 3.04. The molecule has 0 aromatic heterocycles. The molecule has 2 aliphatic rings. The van der Waals surface area contributed by atoms with Gasteiger partial charge in [0.05, 0.1) is 9.79 Å². The fourth-order valence-electron chi connectivity index (χ4n) is 4.32. The van der Waals surface area contributed by atoms with Gasteiger partial charge in [-0.05, 0) is 74.2 Å². The monoisotopic (exact) mass is 509 g/mol. The minimum atomic E-state index is -3.74. The maximum Gasteiger partial charge on any atom is 0.243 e. The van der Waals surface area contributed by atoms with E-state index in [1.165, 1.54) is 32.9 Å².